The highest BCUT2D eigenvalue weighted by Crippen LogP contribution is 2.35. The summed E-state index contributed by atoms with van der Waals surface area (Å²) in [4.78, 5) is 0. The van der Waals surface area contributed by atoms with E-state index < -0.39 is 0 Å². The zero-order valence-electron chi connectivity index (χ0n) is 9.38. The third-order valence-electron chi connectivity index (χ3n) is 3.15. The maximum Gasteiger partial charge on any atom is 0.149 e. The van der Waals surface area contributed by atoms with Crippen molar-refractivity contribution in [2.75, 3.05) is 5.73 Å². The maximum absolute atomic E-state index is 13.2. The summed E-state index contributed by atoms with van der Waals surface area (Å²) in [7, 11) is 0. The molecule has 1 aliphatic rings. The zero-order chi connectivity index (χ0) is 12.9. The van der Waals surface area contributed by atoms with Crippen LogP contribution in [0.4, 0.5) is 10.2 Å². The standard InChI is InChI=1S/C12H10BrClFN3/c13-8-4-6(15)5-9(14)11(8)18-10-3-1-2-7(10)12(16)17-18/h4-5H,1-3H2,(H2,16,17). The van der Waals surface area contributed by atoms with Crippen LogP contribution < -0.4 is 5.73 Å². The molecule has 0 saturated heterocycles. The van der Waals surface area contributed by atoms with Gasteiger partial charge in [0.05, 0.1) is 10.7 Å². The first kappa shape index (κ1) is 12.0. The Morgan fingerprint density at radius 1 is 1.39 bits per heavy atom. The van der Waals surface area contributed by atoms with E-state index in [1.807, 2.05) is 0 Å². The van der Waals surface area contributed by atoms with Crippen LogP contribution >= 0.6 is 27.5 Å². The van der Waals surface area contributed by atoms with E-state index in [1.165, 1.54) is 12.1 Å². The van der Waals surface area contributed by atoms with E-state index >= 15 is 0 Å². The molecular formula is C12H10BrClFN3. The second-order valence-electron chi connectivity index (χ2n) is 4.29. The van der Waals surface area contributed by atoms with Crippen LogP contribution in [-0.2, 0) is 12.8 Å². The van der Waals surface area contributed by atoms with Crippen LogP contribution in [0.2, 0.25) is 5.02 Å². The lowest BCUT2D eigenvalue weighted by atomic mass is 10.2. The van der Waals surface area contributed by atoms with Gasteiger partial charge >= 0.3 is 0 Å². The molecule has 94 valence electrons. The van der Waals surface area contributed by atoms with Crippen molar-refractivity contribution in [3.05, 3.63) is 38.7 Å². The predicted molar refractivity (Wildman–Crippen MR) is 72.7 cm³/mol. The van der Waals surface area contributed by atoms with Crippen LogP contribution in [0.3, 0.4) is 0 Å². The van der Waals surface area contributed by atoms with Crippen LogP contribution in [0.5, 0.6) is 0 Å². The second-order valence-corrected chi connectivity index (χ2v) is 5.56. The molecule has 3 nitrogen and oxygen atoms in total. The van der Waals surface area contributed by atoms with E-state index in [4.69, 9.17) is 17.3 Å². The lowest BCUT2D eigenvalue weighted by Crippen LogP contribution is -2.04. The molecule has 6 heteroatoms. The number of hydrogen-bond donors (Lipinski definition) is 1. The number of hydrogen-bond acceptors (Lipinski definition) is 2. The average molecular weight is 331 g/mol. The highest BCUT2D eigenvalue weighted by molar-refractivity contribution is 9.10. The van der Waals surface area contributed by atoms with Crippen molar-refractivity contribution in [3.63, 3.8) is 0 Å². The lowest BCUT2D eigenvalue weighted by Gasteiger charge is -2.10. The molecule has 0 unspecified atom stereocenters. The average Bonchev–Trinajstić information content (AvgIpc) is 2.83. The van der Waals surface area contributed by atoms with Gasteiger partial charge in [0.15, 0.2) is 0 Å². The summed E-state index contributed by atoms with van der Waals surface area (Å²) in [5.74, 6) is 0.155. The molecule has 0 spiro atoms. The lowest BCUT2D eigenvalue weighted by molar-refractivity contribution is 0.625. The number of fused-ring (bicyclic) bond motifs is 1. The molecule has 1 heterocycles. The molecule has 1 aromatic heterocycles. The maximum atomic E-state index is 13.2. The number of nitrogen functional groups attached to an aromatic ring is 1. The molecule has 2 aromatic rings. The number of nitrogens with zero attached hydrogens (tertiary/aromatic N) is 2. The summed E-state index contributed by atoms with van der Waals surface area (Å²) in [5.41, 5.74) is 8.70. The van der Waals surface area contributed by atoms with Crippen molar-refractivity contribution in [3.8, 4) is 5.69 Å². The number of nitrogens with two attached hydrogens (primary N) is 1. The Morgan fingerprint density at radius 3 is 2.89 bits per heavy atom. The molecule has 0 radical (unpaired) electrons. The normalized spacial score (nSPS) is 13.9. The fourth-order valence-corrected chi connectivity index (χ4v) is 3.39. The zero-order valence-corrected chi connectivity index (χ0v) is 11.7. The molecule has 1 aromatic carbocycles. The molecule has 1 aliphatic carbocycles. The third kappa shape index (κ3) is 1.73. The summed E-state index contributed by atoms with van der Waals surface area (Å²) >= 11 is 9.43. The number of benzene rings is 1. The molecule has 2 N–H and O–H groups in total. The van der Waals surface area contributed by atoms with E-state index in [-0.39, 0.29) is 5.82 Å². The van der Waals surface area contributed by atoms with Crippen LogP contribution in [0.1, 0.15) is 17.7 Å². The SMILES string of the molecule is Nc1nn(-c2c(Cl)cc(F)cc2Br)c2c1CCC2. The minimum Gasteiger partial charge on any atom is -0.382 e. The number of aromatic nitrogens is 2. The molecule has 0 bridgehead atoms. The van der Waals surface area contributed by atoms with Crippen LogP contribution in [-0.4, -0.2) is 9.78 Å². The summed E-state index contributed by atoms with van der Waals surface area (Å²) < 4.78 is 15.5. The fourth-order valence-electron chi connectivity index (χ4n) is 2.39. The second kappa shape index (κ2) is 4.24. The first-order valence-electron chi connectivity index (χ1n) is 5.59. The quantitative estimate of drug-likeness (QED) is 0.870. The fraction of sp³-hybridized carbons (Fsp3) is 0.250. The Balaban J connectivity index is 2.25. The van der Waals surface area contributed by atoms with Crippen molar-refractivity contribution in [1.82, 2.24) is 9.78 Å². The van der Waals surface area contributed by atoms with Crippen LogP contribution in [0.25, 0.3) is 5.69 Å². The van der Waals surface area contributed by atoms with Crippen molar-refractivity contribution in [2.45, 2.75) is 19.3 Å². The third-order valence-corrected chi connectivity index (χ3v) is 4.05. The Morgan fingerprint density at radius 2 is 2.17 bits per heavy atom. The van der Waals surface area contributed by atoms with Gasteiger partial charge < -0.3 is 5.73 Å². The van der Waals surface area contributed by atoms with Crippen molar-refractivity contribution >= 4 is 33.3 Å². The molecule has 18 heavy (non-hydrogen) atoms. The van der Waals surface area contributed by atoms with E-state index in [2.05, 4.69) is 21.0 Å². The van der Waals surface area contributed by atoms with E-state index in [1.54, 1.807) is 4.68 Å². The van der Waals surface area contributed by atoms with Gasteiger partial charge in [0.2, 0.25) is 0 Å². The summed E-state index contributed by atoms with van der Waals surface area (Å²) in [5, 5.41) is 4.63. The monoisotopic (exact) mass is 329 g/mol. The Labute approximate surface area is 117 Å². The Kier molecular flexibility index (Phi) is 2.83. The van der Waals surface area contributed by atoms with Gasteiger partial charge in [-0.25, -0.2) is 9.07 Å². The van der Waals surface area contributed by atoms with Gasteiger partial charge in [-0.15, -0.1) is 0 Å². The van der Waals surface area contributed by atoms with E-state index in [0.717, 1.165) is 30.5 Å². The molecule has 0 aliphatic heterocycles. The van der Waals surface area contributed by atoms with Gasteiger partial charge in [-0.1, -0.05) is 11.6 Å². The van der Waals surface area contributed by atoms with Gasteiger partial charge in [-0.2, -0.15) is 5.10 Å². The topological polar surface area (TPSA) is 43.8 Å². The molecule has 3 rings (SSSR count). The summed E-state index contributed by atoms with van der Waals surface area (Å²) in [6, 6.07) is 2.65. The van der Waals surface area contributed by atoms with Crippen LogP contribution in [0.15, 0.2) is 16.6 Å². The highest BCUT2D eigenvalue weighted by Gasteiger charge is 2.24. The summed E-state index contributed by atoms with van der Waals surface area (Å²) in [6.07, 6.45) is 2.92. The molecular weight excluding hydrogens is 321 g/mol. The van der Waals surface area contributed by atoms with Gasteiger partial charge in [0.1, 0.15) is 11.6 Å². The van der Waals surface area contributed by atoms with Gasteiger partial charge in [-0.05, 0) is 47.3 Å². The van der Waals surface area contributed by atoms with Crippen molar-refractivity contribution in [1.29, 1.82) is 0 Å². The predicted octanol–water partition coefficient (Wildman–Crippen LogP) is 3.50. The first-order chi connectivity index (χ1) is 8.58. The van der Waals surface area contributed by atoms with Gasteiger partial charge in [0, 0.05) is 15.7 Å². The number of rotatable bonds is 1. The Bertz CT molecular complexity index is 615. The largest absolute Gasteiger partial charge is 0.382 e. The smallest absolute Gasteiger partial charge is 0.149 e. The first-order valence-corrected chi connectivity index (χ1v) is 6.76. The summed E-state index contributed by atoms with van der Waals surface area (Å²) in [6.45, 7) is 0. The van der Waals surface area contributed by atoms with Crippen LogP contribution in [0, 0.1) is 5.82 Å². The number of anilines is 1. The van der Waals surface area contributed by atoms with Crippen molar-refractivity contribution in [2.24, 2.45) is 0 Å². The van der Waals surface area contributed by atoms with E-state index in [9.17, 15) is 4.39 Å². The molecule has 0 amide bonds. The molecule has 0 saturated carbocycles. The number of halogens is 3. The Hall–Kier alpha value is -1.07. The van der Waals surface area contributed by atoms with Crippen molar-refractivity contribution < 1.29 is 4.39 Å². The van der Waals surface area contributed by atoms with Gasteiger partial charge in [0.25, 0.3) is 0 Å². The highest BCUT2D eigenvalue weighted by atomic mass is 79.9. The van der Waals surface area contributed by atoms with E-state index in [0.29, 0.717) is 21.0 Å². The van der Waals surface area contributed by atoms with Gasteiger partial charge in [-0.3, -0.25) is 0 Å². The molecule has 0 fully saturated rings. The minimum absolute atomic E-state index is 0.319. The minimum atomic E-state index is -0.382. The molecule has 0 atom stereocenters.